The van der Waals surface area contributed by atoms with Crippen LogP contribution in [0, 0.1) is 0 Å². The molecule has 0 saturated carbocycles. The summed E-state index contributed by atoms with van der Waals surface area (Å²) >= 11 is 2.87. The highest BCUT2D eigenvalue weighted by molar-refractivity contribution is 9.18. The molecule has 0 amide bonds. The van der Waals surface area contributed by atoms with E-state index in [1.807, 2.05) is 30.3 Å². The fourth-order valence-electron chi connectivity index (χ4n) is 1.26. The fraction of sp³-hybridized carbons (Fsp3) is 0.100. The number of carbonyl (C=O) groups is 1. The first-order valence-electron chi connectivity index (χ1n) is 3.91. The minimum Gasteiger partial charge on any atom is -0.461 e. The van der Waals surface area contributed by atoms with E-state index in [4.69, 9.17) is 4.42 Å². The zero-order valence-electron chi connectivity index (χ0n) is 6.79. The normalized spacial score (nSPS) is 10.5. The van der Waals surface area contributed by atoms with Gasteiger partial charge in [-0.25, -0.2) is 0 Å². The number of fused-ring (bicyclic) bond motifs is 1. The molecule has 0 fully saturated rings. The molecule has 0 spiro atoms. The van der Waals surface area contributed by atoms with E-state index in [2.05, 4.69) is 15.9 Å². The van der Waals surface area contributed by atoms with Crippen molar-refractivity contribution in [1.82, 2.24) is 0 Å². The van der Waals surface area contributed by atoms with Gasteiger partial charge in [-0.1, -0.05) is 18.2 Å². The van der Waals surface area contributed by atoms with Crippen LogP contribution in [0.3, 0.4) is 0 Å². The second kappa shape index (κ2) is 3.34. The summed E-state index contributed by atoms with van der Waals surface area (Å²) in [5, 5.41) is 1.03. The predicted molar refractivity (Wildman–Crippen MR) is 53.9 cm³/mol. The number of halogens is 1. The van der Waals surface area contributed by atoms with Gasteiger partial charge in [0.2, 0.25) is 4.69 Å². The Labute approximate surface area is 83.7 Å². The number of hydrogen-bond acceptors (Lipinski definition) is 2. The predicted octanol–water partition coefficient (Wildman–Crippen LogP) is 2.90. The van der Waals surface area contributed by atoms with Gasteiger partial charge in [0.1, 0.15) is 11.3 Å². The van der Waals surface area contributed by atoms with Crippen LogP contribution in [0.25, 0.3) is 11.0 Å². The fourth-order valence-corrected chi connectivity index (χ4v) is 1.54. The molecule has 2 aromatic rings. The van der Waals surface area contributed by atoms with Gasteiger partial charge in [-0.05, 0) is 28.1 Å². The van der Waals surface area contributed by atoms with E-state index >= 15 is 0 Å². The third-order valence-electron chi connectivity index (χ3n) is 1.79. The molecule has 0 aliphatic heterocycles. The molecule has 0 aliphatic carbocycles. The van der Waals surface area contributed by atoms with Gasteiger partial charge in [0, 0.05) is 5.39 Å². The second-order valence-corrected chi connectivity index (χ2v) is 3.67. The summed E-state index contributed by atoms with van der Waals surface area (Å²) in [7, 11) is 0. The molecule has 2 rings (SSSR count). The Morgan fingerprint density at radius 2 is 2.15 bits per heavy atom. The van der Waals surface area contributed by atoms with Crippen molar-refractivity contribution >= 4 is 31.6 Å². The van der Waals surface area contributed by atoms with E-state index in [0.29, 0.717) is 12.2 Å². The summed E-state index contributed by atoms with van der Waals surface area (Å²) in [5.74, 6) is 0.697. The first-order valence-corrected chi connectivity index (χ1v) is 4.71. The summed E-state index contributed by atoms with van der Waals surface area (Å²) in [6.45, 7) is 0. The Bertz CT molecular complexity index is 412. The highest BCUT2D eigenvalue weighted by atomic mass is 79.9. The van der Waals surface area contributed by atoms with Gasteiger partial charge in [-0.2, -0.15) is 0 Å². The van der Waals surface area contributed by atoms with Crippen molar-refractivity contribution in [3.05, 3.63) is 36.1 Å². The summed E-state index contributed by atoms with van der Waals surface area (Å²) in [5.41, 5.74) is 0.825. The summed E-state index contributed by atoms with van der Waals surface area (Å²) < 4.78 is 5.36. The van der Waals surface area contributed by atoms with Gasteiger partial charge in [-0.15, -0.1) is 0 Å². The van der Waals surface area contributed by atoms with E-state index < -0.39 is 0 Å². The highest BCUT2D eigenvalue weighted by Crippen LogP contribution is 2.19. The van der Waals surface area contributed by atoms with Gasteiger partial charge >= 0.3 is 0 Å². The van der Waals surface area contributed by atoms with Crippen molar-refractivity contribution in [2.45, 2.75) is 6.42 Å². The molecule has 0 aliphatic rings. The van der Waals surface area contributed by atoms with E-state index in [0.717, 1.165) is 11.0 Å². The Morgan fingerprint density at radius 3 is 2.85 bits per heavy atom. The van der Waals surface area contributed by atoms with E-state index in [-0.39, 0.29) is 4.69 Å². The van der Waals surface area contributed by atoms with Crippen LogP contribution < -0.4 is 0 Å². The van der Waals surface area contributed by atoms with E-state index in [1.54, 1.807) is 0 Å². The Balaban J connectivity index is 2.44. The first kappa shape index (κ1) is 8.51. The molecule has 3 heteroatoms. The van der Waals surface area contributed by atoms with Gasteiger partial charge in [0.05, 0.1) is 6.42 Å². The standard InChI is InChI=1S/C10H7BrO2/c11-10(12)6-8-5-7-3-1-2-4-9(7)13-8/h1-5H,6H2. The molecular formula is C10H7BrO2. The van der Waals surface area contributed by atoms with Crippen molar-refractivity contribution in [3.8, 4) is 0 Å². The zero-order valence-corrected chi connectivity index (χ0v) is 8.37. The quantitative estimate of drug-likeness (QED) is 0.754. The lowest BCUT2D eigenvalue weighted by Gasteiger charge is -1.86. The Kier molecular flexibility index (Phi) is 2.19. The lowest BCUT2D eigenvalue weighted by molar-refractivity contribution is -0.110. The van der Waals surface area contributed by atoms with Crippen molar-refractivity contribution in [1.29, 1.82) is 0 Å². The van der Waals surface area contributed by atoms with Crippen LogP contribution in [0.5, 0.6) is 0 Å². The summed E-state index contributed by atoms with van der Waals surface area (Å²) in [6, 6.07) is 9.58. The average molecular weight is 239 g/mol. The van der Waals surface area contributed by atoms with Crippen molar-refractivity contribution in [3.63, 3.8) is 0 Å². The molecule has 1 heterocycles. The monoisotopic (exact) mass is 238 g/mol. The maximum Gasteiger partial charge on any atom is 0.205 e. The third-order valence-corrected chi connectivity index (χ3v) is 2.07. The van der Waals surface area contributed by atoms with Crippen LogP contribution >= 0.6 is 15.9 Å². The van der Waals surface area contributed by atoms with Crippen LogP contribution in [0.1, 0.15) is 5.76 Å². The second-order valence-electron chi connectivity index (χ2n) is 2.78. The van der Waals surface area contributed by atoms with Gasteiger partial charge in [0.15, 0.2) is 0 Å². The first-order chi connectivity index (χ1) is 6.25. The van der Waals surface area contributed by atoms with Crippen molar-refractivity contribution in [2.75, 3.05) is 0 Å². The minimum absolute atomic E-state index is 0.0634. The lowest BCUT2D eigenvalue weighted by atomic mass is 10.2. The average Bonchev–Trinajstić information content (AvgIpc) is 2.44. The molecule has 13 heavy (non-hydrogen) atoms. The third kappa shape index (κ3) is 1.80. The molecular weight excluding hydrogens is 232 g/mol. The van der Waals surface area contributed by atoms with Crippen LogP contribution in [-0.4, -0.2) is 4.69 Å². The smallest absolute Gasteiger partial charge is 0.205 e. The molecule has 0 atom stereocenters. The number of hydrogen-bond donors (Lipinski definition) is 0. The molecule has 1 aromatic heterocycles. The lowest BCUT2D eigenvalue weighted by Crippen LogP contribution is -1.88. The SMILES string of the molecule is O=C(Br)Cc1cc2ccccc2o1. The van der Waals surface area contributed by atoms with Crippen LogP contribution in [0.4, 0.5) is 0 Å². The molecule has 66 valence electrons. The maximum absolute atomic E-state index is 10.7. The topological polar surface area (TPSA) is 30.2 Å². The molecule has 0 unspecified atom stereocenters. The number of benzene rings is 1. The minimum atomic E-state index is -0.0634. The van der Waals surface area contributed by atoms with Crippen molar-refractivity contribution in [2.24, 2.45) is 0 Å². The van der Waals surface area contributed by atoms with Crippen LogP contribution in [0.15, 0.2) is 34.7 Å². The number of furan rings is 1. The van der Waals surface area contributed by atoms with Gasteiger partial charge in [0.25, 0.3) is 0 Å². The maximum atomic E-state index is 10.7. The number of rotatable bonds is 2. The number of para-hydroxylation sites is 1. The van der Waals surface area contributed by atoms with Gasteiger partial charge in [-0.3, -0.25) is 4.79 Å². The van der Waals surface area contributed by atoms with E-state index in [1.165, 1.54) is 0 Å². The Hall–Kier alpha value is -1.09. The van der Waals surface area contributed by atoms with Crippen LogP contribution in [-0.2, 0) is 11.2 Å². The highest BCUT2D eigenvalue weighted by Gasteiger charge is 2.05. The molecule has 1 aromatic carbocycles. The molecule has 2 nitrogen and oxygen atoms in total. The Morgan fingerprint density at radius 1 is 1.38 bits per heavy atom. The van der Waals surface area contributed by atoms with E-state index in [9.17, 15) is 4.79 Å². The summed E-state index contributed by atoms with van der Waals surface area (Å²) in [4.78, 5) is 10.7. The largest absolute Gasteiger partial charge is 0.461 e. The molecule has 0 bridgehead atoms. The molecule has 0 saturated heterocycles. The van der Waals surface area contributed by atoms with Gasteiger partial charge < -0.3 is 4.42 Å². The van der Waals surface area contributed by atoms with Crippen LogP contribution in [0.2, 0.25) is 0 Å². The molecule has 0 radical (unpaired) electrons. The summed E-state index contributed by atoms with van der Waals surface area (Å²) in [6.07, 6.45) is 0.300. The molecule has 0 N–H and O–H groups in total. The van der Waals surface area contributed by atoms with Crippen molar-refractivity contribution < 1.29 is 9.21 Å². The zero-order chi connectivity index (χ0) is 9.26. The number of carbonyl (C=O) groups excluding carboxylic acids is 1.